The Labute approximate surface area is 107 Å². The van der Waals surface area contributed by atoms with Gasteiger partial charge in [-0.15, -0.1) is 0 Å². The number of hydrogen-bond donors (Lipinski definition) is 0. The Balaban J connectivity index is 2.33. The van der Waals surface area contributed by atoms with Crippen molar-refractivity contribution in [3.8, 4) is 5.75 Å². The predicted octanol–water partition coefficient (Wildman–Crippen LogP) is 2.60. The molecule has 18 heavy (non-hydrogen) atoms. The van der Waals surface area contributed by atoms with Crippen LogP contribution in [0.3, 0.4) is 0 Å². The maximum absolute atomic E-state index is 12.1. The lowest BCUT2D eigenvalue weighted by Crippen LogP contribution is -2.22. The van der Waals surface area contributed by atoms with E-state index in [1.165, 1.54) is 5.56 Å². The van der Waals surface area contributed by atoms with Crippen LogP contribution >= 0.6 is 0 Å². The first kappa shape index (κ1) is 12.4. The van der Waals surface area contributed by atoms with Gasteiger partial charge in [0.2, 0.25) is 0 Å². The van der Waals surface area contributed by atoms with E-state index in [0.717, 1.165) is 5.56 Å². The van der Waals surface area contributed by atoms with E-state index in [-0.39, 0.29) is 5.56 Å². The van der Waals surface area contributed by atoms with E-state index in [0.29, 0.717) is 18.9 Å². The lowest BCUT2D eigenvalue weighted by atomic mass is 10.1. The zero-order chi connectivity index (χ0) is 13.0. The van der Waals surface area contributed by atoms with Gasteiger partial charge in [-0.1, -0.05) is 24.3 Å². The normalized spacial score (nSPS) is 10.3. The highest BCUT2D eigenvalue weighted by Gasteiger charge is 2.05. The lowest BCUT2D eigenvalue weighted by Gasteiger charge is -2.10. The largest absolute Gasteiger partial charge is 0.488 e. The second-order valence-electron chi connectivity index (χ2n) is 4.16. The average Bonchev–Trinajstić information content (AvgIpc) is 2.37. The van der Waals surface area contributed by atoms with E-state index in [1.807, 2.05) is 44.2 Å². The maximum atomic E-state index is 12.1. The van der Waals surface area contributed by atoms with Crippen LogP contribution in [0.15, 0.2) is 47.4 Å². The van der Waals surface area contributed by atoms with Crippen molar-refractivity contribution in [2.45, 2.75) is 20.4 Å². The minimum atomic E-state index is -0.0809. The molecule has 3 nitrogen and oxygen atoms in total. The van der Waals surface area contributed by atoms with Gasteiger partial charge in [0.1, 0.15) is 0 Å². The summed E-state index contributed by atoms with van der Waals surface area (Å²) < 4.78 is 6.99. The Hall–Kier alpha value is -2.03. The molecule has 2 rings (SSSR count). The molecule has 0 bridgehead atoms. The number of aromatic nitrogens is 1. The highest BCUT2D eigenvalue weighted by Crippen LogP contribution is 2.09. The first-order chi connectivity index (χ1) is 8.72. The van der Waals surface area contributed by atoms with Crippen molar-refractivity contribution in [3.05, 3.63) is 64.1 Å². The third kappa shape index (κ3) is 2.62. The van der Waals surface area contributed by atoms with Crippen molar-refractivity contribution in [2.24, 2.45) is 0 Å². The van der Waals surface area contributed by atoms with Crippen molar-refractivity contribution in [1.82, 2.24) is 4.57 Å². The quantitative estimate of drug-likeness (QED) is 0.826. The second kappa shape index (κ2) is 5.54. The molecule has 0 unspecified atom stereocenters. The van der Waals surface area contributed by atoms with E-state index >= 15 is 0 Å². The summed E-state index contributed by atoms with van der Waals surface area (Å²) in [5, 5.41) is 0. The molecule has 1 heterocycles. The number of nitrogens with zero attached hydrogens (tertiary/aromatic N) is 1. The van der Waals surface area contributed by atoms with Crippen molar-refractivity contribution in [3.63, 3.8) is 0 Å². The van der Waals surface area contributed by atoms with Crippen molar-refractivity contribution < 1.29 is 4.74 Å². The lowest BCUT2D eigenvalue weighted by molar-refractivity contribution is 0.332. The molecule has 3 heteroatoms. The molecule has 0 saturated carbocycles. The molecule has 1 aromatic heterocycles. The van der Waals surface area contributed by atoms with Gasteiger partial charge < -0.3 is 9.30 Å². The highest BCUT2D eigenvalue weighted by atomic mass is 16.5. The monoisotopic (exact) mass is 243 g/mol. The summed E-state index contributed by atoms with van der Waals surface area (Å²) >= 11 is 0. The Morgan fingerprint density at radius 2 is 1.94 bits per heavy atom. The van der Waals surface area contributed by atoms with Gasteiger partial charge in [-0.3, -0.25) is 4.79 Å². The zero-order valence-corrected chi connectivity index (χ0v) is 10.7. The summed E-state index contributed by atoms with van der Waals surface area (Å²) in [6.45, 7) is 5.00. The molecule has 0 saturated heterocycles. The van der Waals surface area contributed by atoms with Gasteiger partial charge in [0.25, 0.3) is 5.56 Å². The van der Waals surface area contributed by atoms with Crippen LogP contribution in [-0.2, 0) is 6.54 Å². The standard InChI is InChI=1S/C15H17NO2/c1-3-18-14-9-6-10-16(15(14)17)11-13-8-5-4-7-12(13)2/h4-10H,3,11H2,1-2H3. The molecular weight excluding hydrogens is 226 g/mol. The molecule has 0 aliphatic heterocycles. The van der Waals surface area contributed by atoms with Crippen LogP contribution in [0.5, 0.6) is 5.75 Å². The molecule has 0 atom stereocenters. The van der Waals surface area contributed by atoms with E-state index in [2.05, 4.69) is 0 Å². The molecule has 0 radical (unpaired) electrons. The Bertz CT molecular complexity index is 587. The van der Waals surface area contributed by atoms with Gasteiger partial charge in [-0.25, -0.2) is 0 Å². The van der Waals surface area contributed by atoms with Crippen LogP contribution < -0.4 is 10.3 Å². The number of hydrogen-bond acceptors (Lipinski definition) is 2. The third-order valence-electron chi connectivity index (χ3n) is 2.89. The molecule has 0 fully saturated rings. The average molecular weight is 243 g/mol. The van der Waals surface area contributed by atoms with Crippen LogP contribution in [0.2, 0.25) is 0 Å². The minimum Gasteiger partial charge on any atom is -0.488 e. The molecule has 94 valence electrons. The molecule has 0 N–H and O–H groups in total. The van der Waals surface area contributed by atoms with Crippen LogP contribution in [0.1, 0.15) is 18.1 Å². The molecule has 1 aromatic carbocycles. The Morgan fingerprint density at radius 3 is 2.67 bits per heavy atom. The van der Waals surface area contributed by atoms with Gasteiger partial charge in [0.05, 0.1) is 13.2 Å². The molecule has 2 aromatic rings. The molecular formula is C15H17NO2. The summed E-state index contributed by atoms with van der Waals surface area (Å²) in [5.74, 6) is 0.411. The Kier molecular flexibility index (Phi) is 3.82. The second-order valence-corrected chi connectivity index (χ2v) is 4.16. The molecule has 0 spiro atoms. The van der Waals surface area contributed by atoms with Crippen LogP contribution in [0.25, 0.3) is 0 Å². The topological polar surface area (TPSA) is 31.2 Å². The minimum absolute atomic E-state index is 0.0809. The van der Waals surface area contributed by atoms with Gasteiger partial charge in [-0.05, 0) is 37.1 Å². The van der Waals surface area contributed by atoms with Crippen LogP contribution in [0, 0.1) is 6.92 Å². The fourth-order valence-corrected chi connectivity index (χ4v) is 1.88. The summed E-state index contributed by atoms with van der Waals surface area (Å²) in [6.07, 6.45) is 1.79. The Morgan fingerprint density at radius 1 is 1.17 bits per heavy atom. The summed E-state index contributed by atoms with van der Waals surface area (Å²) in [7, 11) is 0. The number of pyridine rings is 1. The number of benzene rings is 1. The predicted molar refractivity (Wildman–Crippen MR) is 72.2 cm³/mol. The smallest absolute Gasteiger partial charge is 0.293 e. The maximum Gasteiger partial charge on any atom is 0.293 e. The molecule has 0 aliphatic rings. The highest BCUT2D eigenvalue weighted by molar-refractivity contribution is 5.26. The number of rotatable bonds is 4. The van der Waals surface area contributed by atoms with E-state index in [4.69, 9.17) is 4.74 Å². The SMILES string of the molecule is CCOc1cccn(Cc2ccccc2C)c1=O. The molecule has 0 amide bonds. The van der Waals surface area contributed by atoms with Gasteiger partial charge >= 0.3 is 0 Å². The zero-order valence-electron chi connectivity index (χ0n) is 10.7. The van der Waals surface area contributed by atoms with Crippen LogP contribution in [-0.4, -0.2) is 11.2 Å². The van der Waals surface area contributed by atoms with E-state index in [1.54, 1.807) is 16.8 Å². The van der Waals surface area contributed by atoms with Crippen molar-refractivity contribution in [2.75, 3.05) is 6.61 Å². The molecule has 0 aliphatic carbocycles. The first-order valence-electron chi connectivity index (χ1n) is 6.09. The van der Waals surface area contributed by atoms with Gasteiger partial charge in [0.15, 0.2) is 5.75 Å². The van der Waals surface area contributed by atoms with Gasteiger partial charge in [0, 0.05) is 6.20 Å². The fraction of sp³-hybridized carbons (Fsp3) is 0.267. The van der Waals surface area contributed by atoms with Gasteiger partial charge in [-0.2, -0.15) is 0 Å². The first-order valence-corrected chi connectivity index (χ1v) is 6.09. The van der Waals surface area contributed by atoms with Crippen LogP contribution in [0.4, 0.5) is 0 Å². The fourth-order valence-electron chi connectivity index (χ4n) is 1.88. The summed E-state index contributed by atoms with van der Waals surface area (Å²) in [4.78, 5) is 12.1. The van der Waals surface area contributed by atoms with Crippen molar-refractivity contribution >= 4 is 0 Å². The van der Waals surface area contributed by atoms with Crippen molar-refractivity contribution in [1.29, 1.82) is 0 Å². The number of ether oxygens (including phenoxy) is 1. The van der Waals surface area contributed by atoms with E-state index in [9.17, 15) is 4.79 Å². The third-order valence-corrected chi connectivity index (χ3v) is 2.89. The summed E-state index contributed by atoms with van der Waals surface area (Å²) in [6, 6.07) is 11.6. The van der Waals surface area contributed by atoms with E-state index < -0.39 is 0 Å². The summed E-state index contributed by atoms with van der Waals surface area (Å²) in [5.41, 5.74) is 2.25. The number of aryl methyl sites for hydroxylation is 1.